The molecule has 16 heavy (non-hydrogen) atoms. The van der Waals surface area contributed by atoms with E-state index in [2.05, 4.69) is 17.6 Å². The third-order valence-corrected chi connectivity index (χ3v) is 2.58. The molecule has 2 rings (SSSR count). The molecule has 0 saturated carbocycles. The van der Waals surface area contributed by atoms with Crippen LogP contribution in [-0.2, 0) is 0 Å². The minimum absolute atomic E-state index is 0.631. The van der Waals surface area contributed by atoms with Crippen LogP contribution in [0, 0.1) is 6.92 Å². The zero-order valence-electron chi connectivity index (χ0n) is 9.80. The molecule has 0 aliphatic carbocycles. The summed E-state index contributed by atoms with van der Waals surface area (Å²) in [6, 6.07) is 4.04. The number of aryl methyl sites for hydroxylation is 1. The fraction of sp³-hybridized carbons (Fsp3) is 0.500. The third kappa shape index (κ3) is 2.39. The van der Waals surface area contributed by atoms with Crippen LogP contribution in [-0.4, -0.2) is 33.4 Å². The Labute approximate surface area is 95.9 Å². The predicted molar refractivity (Wildman–Crippen MR) is 64.6 cm³/mol. The summed E-state index contributed by atoms with van der Waals surface area (Å²) < 4.78 is 11.1. The van der Waals surface area contributed by atoms with E-state index >= 15 is 0 Å². The number of ether oxygens (including phenoxy) is 2. The Morgan fingerprint density at radius 1 is 1.12 bits per heavy atom. The van der Waals surface area contributed by atoms with E-state index in [4.69, 9.17) is 9.47 Å². The molecule has 0 radical (unpaired) electrons. The Balaban J connectivity index is 2.12. The zero-order chi connectivity index (χ0) is 11.4. The number of benzene rings is 1. The van der Waals surface area contributed by atoms with Gasteiger partial charge in [0.15, 0.2) is 11.5 Å². The monoisotopic (exact) mass is 222 g/mol. The van der Waals surface area contributed by atoms with Gasteiger partial charge in [0.05, 0.1) is 0 Å². The Morgan fingerprint density at radius 2 is 1.81 bits per heavy atom. The SMILES string of the molecule is CNCCNc1cc2c(cc1C)OCCO2. The van der Waals surface area contributed by atoms with Gasteiger partial charge in [-0.3, -0.25) is 0 Å². The van der Waals surface area contributed by atoms with E-state index in [0.29, 0.717) is 13.2 Å². The molecule has 2 N–H and O–H groups in total. The molecule has 0 aromatic heterocycles. The summed E-state index contributed by atoms with van der Waals surface area (Å²) in [4.78, 5) is 0. The molecule has 4 heteroatoms. The van der Waals surface area contributed by atoms with Gasteiger partial charge >= 0.3 is 0 Å². The lowest BCUT2D eigenvalue weighted by molar-refractivity contribution is 0.171. The average Bonchev–Trinajstić information content (AvgIpc) is 2.30. The second kappa shape index (κ2) is 5.07. The van der Waals surface area contributed by atoms with Gasteiger partial charge in [-0.2, -0.15) is 0 Å². The van der Waals surface area contributed by atoms with Crippen molar-refractivity contribution in [2.75, 3.05) is 38.7 Å². The minimum Gasteiger partial charge on any atom is -0.486 e. The molecule has 0 bridgehead atoms. The second-order valence-electron chi connectivity index (χ2n) is 3.84. The van der Waals surface area contributed by atoms with E-state index in [1.54, 1.807) is 0 Å². The first-order valence-electron chi connectivity index (χ1n) is 5.60. The summed E-state index contributed by atoms with van der Waals surface area (Å²) in [5.41, 5.74) is 2.29. The molecule has 88 valence electrons. The molecule has 1 aliphatic rings. The number of hydrogen-bond donors (Lipinski definition) is 2. The third-order valence-electron chi connectivity index (χ3n) is 2.58. The topological polar surface area (TPSA) is 42.5 Å². The van der Waals surface area contributed by atoms with Crippen molar-refractivity contribution < 1.29 is 9.47 Å². The van der Waals surface area contributed by atoms with Crippen LogP contribution < -0.4 is 20.1 Å². The Hall–Kier alpha value is -1.42. The second-order valence-corrected chi connectivity index (χ2v) is 3.84. The van der Waals surface area contributed by atoms with Gasteiger partial charge in [-0.1, -0.05) is 0 Å². The van der Waals surface area contributed by atoms with Gasteiger partial charge in [0, 0.05) is 24.8 Å². The first kappa shape index (κ1) is 11.1. The molecule has 0 fully saturated rings. The fourth-order valence-electron chi connectivity index (χ4n) is 1.70. The van der Waals surface area contributed by atoms with E-state index in [0.717, 1.165) is 30.3 Å². The largest absolute Gasteiger partial charge is 0.486 e. The van der Waals surface area contributed by atoms with Crippen molar-refractivity contribution in [2.45, 2.75) is 6.92 Å². The molecule has 0 amide bonds. The summed E-state index contributed by atoms with van der Waals surface area (Å²) in [7, 11) is 1.94. The quantitative estimate of drug-likeness (QED) is 0.756. The van der Waals surface area contributed by atoms with E-state index in [1.807, 2.05) is 19.2 Å². The number of anilines is 1. The standard InChI is InChI=1S/C12H18N2O2/c1-9-7-11-12(16-6-5-15-11)8-10(9)14-4-3-13-2/h7-8,13-14H,3-6H2,1-2H3. The van der Waals surface area contributed by atoms with Crippen molar-refractivity contribution >= 4 is 5.69 Å². The molecule has 0 atom stereocenters. The van der Waals surface area contributed by atoms with Crippen molar-refractivity contribution in [1.82, 2.24) is 5.32 Å². The lowest BCUT2D eigenvalue weighted by atomic mass is 10.1. The molecule has 4 nitrogen and oxygen atoms in total. The van der Waals surface area contributed by atoms with E-state index in [9.17, 15) is 0 Å². The summed E-state index contributed by atoms with van der Waals surface area (Å²) >= 11 is 0. The number of nitrogens with one attached hydrogen (secondary N) is 2. The number of likely N-dealkylation sites (N-methyl/N-ethyl adjacent to an activating group) is 1. The fourth-order valence-corrected chi connectivity index (χ4v) is 1.70. The highest BCUT2D eigenvalue weighted by Gasteiger charge is 2.13. The van der Waals surface area contributed by atoms with Gasteiger partial charge in [0.1, 0.15) is 13.2 Å². The van der Waals surface area contributed by atoms with Crippen LogP contribution in [0.15, 0.2) is 12.1 Å². The molecule has 1 aliphatic heterocycles. The maximum Gasteiger partial charge on any atom is 0.163 e. The molecular formula is C12H18N2O2. The lowest BCUT2D eigenvalue weighted by Gasteiger charge is -2.20. The summed E-state index contributed by atoms with van der Waals surface area (Å²) in [6.07, 6.45) is 0. The van der Waals surface area contributed by atoms with Crippen LogP contribution in [0.4, 0.5) is 5.69 Å². The maximum absolute atomic E-state index is 5.54. The maximum atomic E-state index is 5.54. The first-order chi connectivity index (χ1) is 7.81. The van der Waals surface area contributed by atoms with E-state index in [-0.39, 0.29) is 0 Å². The zero-order valence-corrected chi connectivity index (χ0v) is 9.80. The number of fused-ring (bicyclic) bond motifs is 1. The molecular weight excluding hydrogens is 204 g/mol. The molecule has 1 aromatic rings. The van der Waals surface area contributed by atoms with Gasteiger partial charge in [-0.15, -0.1) is 0 Å². The van der Waals surface area contributed by atoms with Crippen LogP contribution in [0.25, 0.3) is 0 Å². The van der Waals surface area contributed by atoms with Crippen LogP contribution in [0.1, 0.15) is 5.56 Å². The first-order valence-corrected chi connectivity index (χ1v) is 5.60. The van der Waals surface area contributed by atoms with Gasteiger partial charge in [-0.05, 0) is 25.6 Å². The molecule has 1 heterocycles. The molecule has 1 aromatic carbocycles. The van der Waals surface area contributed by atoms with Crippen LogP contribution >= 0.6 is 0 Å². The van der Waals surface area contributed by atoms with Crippen molar-refractivity contribution in [1.29, 1.82) is 0 Å². The minimum atomic E-state index is 0.631. The van der Waals surface area contributed by atoms with E-state index < -0.39 is 0 Å². The summed E-state index contributed by atoms with van der Waals surface area (Å²) in [5, 5.41) is 6.47. The highest BCUT2D eigenvalue weighted by atomic mass is 16.6. The van der Waals surface area contributed by atoms with Crippen molar-refractivity contribution in [3.05, 3.63) is 17.7 Å². The number of hydrogen-bond acceptors (Lipinski definition) is 4. The smallest absolute Gasteiger partial charge is 0.163 e. The van der Waals surface area contributed by atoms with Crippen LogP contribution in [0.3, 0.4) is 0 Å². The van der Waals surface area contributed by atoms with Crippen LogP contribution in [0.2, 0.25) is 0 Å². The molecule has 0 spiro atoms. The highest BCUT2D eigenvalue weighted by molar-refractivity contribution is 5.60. The van der Waals surface area contributed by atoms with Crippen molar-refractivity contribution in [2.24, 2.45) is 0 Å². The lowest BCUT2D eigenvalue weighted by Crippen LogP contribution is -2.19. The average molecular weight is 222 g/mol. The van der Waals surface area contributed by atoms with Gasteiger partial charge in [0.2, 0.25) is 0 Å². The normalized spacial score (nSPS) is 13.6. The van der Waals surface area contributed by atoms with Crippen molar-refractivity contribution in [3.63, 3.8) is 0 Å². The molecule has 0 unspecified atom stereocenters. The van der Waals surface area contributed by atoms with E-state index in [1.165, 1.54) is 5.56 Å². The number of rotatable bonds is 4. The summed E-state index contributed by atoms with van der Waals surface area (Å²) in [5.74, 6) is 1.69. The van der Waals surface area contributed by atoms with Gasteiger partial charge in [-0.25, -0.2) is 0 Å². The molecule has 0 saturated heterocycles. The van der Waals surface area contributed by atoms with Gasteiger partial charge < -0.3 is 20.1 Å². The Morgan fingerprint density at radius 3 is 2.50 bits per heavy atom. The highest BCUT2D eigenvalue weighted by Crippen LogP contribution is 2.35. The Bertz CT molecular complexity index is 366. The predicted octanol–water partition coefficient (Wildman–Crippen LogP) is 1.40. The van der Waals surface area contributed by atoms with Gasteiger partial charge in [0.25, 0.3) is 0 Å². The Kier molecular flexibility index (Phi) is 3.51. The van der Waals surface area contributed by atoms with Crippen molar-refractivity contribution in [3.8, 4) is 11.5 Å². The summed E-state index contributed by atoms with van der Waals surface area (Å²) in [6.45, 7) is 5.18. The van der Waals surface area contributed by atoms with Crippen LogP contribution in [0.5, 0.6) is 11.5 Å².